The van der Waals surface area contributed by atoms with Crippen molar-refractivity contribution >= 4 is 64.0 Å². The van der Waals surface area contributed by atoms with Gasteiger partial charge in [0.15, 0.2) is 0 Å². The van der Waals surface area contributed by atoms with Crippen LogP contribution in [0.5, 0.6) is 0 Å². The van der Waals surface area contributed by atoms with E-state index in [1.807, 2.05) is 0 Å². The number of carboxylic acid groups (broad SMARTS) is 1. The van der Waals surface area contributed by atoms with Gasteiger partial charge in [0.2, 0.25) is 0 Å². The van der Waals surface area contributed by atoms with Crippen LogP contribution in [0.3, 0.4) is 0 Å². The van der Waals surface area contributed by atoms with Crippen LogP contribution in [0.4, 0.5) is 0 Å². The highest BCUT2D eigenvalue weighted by molar-refractivity contribution is 6.44. The van der Waals surface area contributed by atoms with Crippen molar-refractivity contribution in [2.24, 2.45) is 0 Å². The van der Waals surface area contributed by atoms with Crippen molar-refractivity contribution in [2.75, 3.05) is 7.11 Å². The van der Waals surface area contributed by atoms with Gasteiger partial charge in [-0.2, -0.15) is 0 Å². The molecule has 2 N–H and O–H groups in total. The zero-order chi connectivity index (χ0) is 18.6. The normalized spacial score (nSPS) is 10.2. The fraction of sp³-hybridized carbons (Fsp3) is 0.188. The summed E-state index contributed by atoms with van der Waals surface area (Å²) < 4.78 is 0. The lowest BCUT2D eigenvalue weighted by molar-refractivity contribution is 0.0696. The maximum Gasteiger partial charge on any atom is 0.337 e. The topological polar surface area (TPSA) is 57.5 Å². The lowest BCUT2D eigenvalue weighted by atomic mass is 9.97. The minimum atomic E-state index is -1.13. The molecule has 2 rings (SSSR count). The maximum absolute atomic E-state index is 11.4. The van der Waals surface area contributed by atoms with E-state index in [9.17, 15) is 9.90 Å². The Kier molecular flexibility index (Phi) is 8.13. The Morgan fingerprint density at radius 2 is 1.38 bits per heavy atom. The minimum Gasteiger partial charge on any atom is -0.478 e. The molecule has 0 saturated carbocycles. The molecule has 0 saturated heterocycles. The molecular weight excluding hydrogens is 417 g/mol. The largest absolute Gasteiger partial charge is 0.478 e. The van der Waals surface area contributed by atoms with Gasteiger partial charge in [0.05, 0.1) is 30.7 Å². The molecule has 0 aromatic heterocycles. The van der Waals surface area contributed by atoms with Crippen molar-refractivity contribution in [1.82, 2.24) is 0 Å². The van der Waals surface area contributed by atoms with E-state index in [2.05, 4.69) is 0 Å². The Bertz CT molecular complexity index is 775. The van der Waals surface area contributed by atoms with Crippen molar-refractivity contribution in [2.45, 2.75) is 13.3 Å². The smallest absolute Gasteiger partial charge is 0.337 e. The molecule has 0 radical (unpaired) electrons. The number of rotatable bonds is 3. The van der Waals surface area contributed by atoms with E-state index in [1.165, 1.54) is 12.1 Å². The van der Waals surface area contributed by atoms with Crippen LogP contribution in [0.1, 0.15) is 22.8 Å². The third kappa shape index (κ3) is 4.29. The summed E-state index contributed by atoms with van der Waals surface area (Å²) in [5, 5.41) is 17.6. The number of hydrogen-bond acceptors (Lipinski definition) is 2. The summed E-state index contributed by atoms with van der Waals surface area (Å²) in [7, 11) is 1.00. The lowest BCUT2D eigenvalue weighted by Gasteiger charge is -2.15. The molecule has 0 spiro atoms. The van der Waals surface area contributed by atoms with Crippen molar-refractivity contribution < 1.29 is 15.0 Å². The molecule has 0 bridgehead atoms. The van der Waals surface area contributed by atoms with E-state index in [-0.39, 0.29) is 15.6 Å². The number of hydrogen-bond donors (Lipinski definition) is 2. The van der Waals surface area contributed by atoms with Crippen LogP contribution in [0, 0.1) is 0 Å². The van der Waals surface area contributed by atoms with E-state index >= 15 is 0 Å². The number of aliphatic hydroxyl groups excluding tert-OH is 1. The summed E-state index contributed by atoms with van der Waals surface area (Å²) in [6.45, 7) is 1.80. The van der Waals surface area contributed by atoms with Gasteiger partial charge in [0, 0.05) is 18.2 Å². The first kappa shape index (κ1) is 21.4. The number of aromatic carboxylic acids is 1. The first-order valence-corrected chi connectivity index (χ1v) is 8.50. The van der Waals surface area contributed by atoms with Crippen molar-refractivity contribution in [3.63, 3.8) is 0 Å². The molecule has 0 heterocycles. The van der Waals surface area contributed by atoms with Gasteiger partial charge < -0.3 is 10.2 Å². The summed E-state index contributed by atoms with van der Waals surface area (Å²) in [4.78, 5) is 11.4. The lowest BCUT2D eigenvalue weighted by Crippen LogP contribution is -2.05. The van der Waals surface area contributed by atoms with Crippen LogP contribution >= 0.6 is 58.0 Å². The molecule has 0 aliphatic heterocycles. The quantitative estimate of drug-likeness (QED) is 0.547. The van der Waals surface area contributed by atoms with E-state index in [1.54, 1.807) is 13.0 Å². The molecule has 0 aliphatic rings. The SMILES string of the molecule is CCc1c(Cl)c(-c2cc(Cl)c(Cl)cc2Cl)cc(Cl)c1C(=O)O.CO. The molecule has 2 aromatic rings. The van der Waals surface area contributed by atoms with Crippen LogP contribution in [0.2, 0.25) is 25.1 Å². The van der Waals surface area contributed by atoms with Crippen molar-refractivity contribution in [3.8, 4) is 11.1 Å². The molecule has 3 nitrogen and oxygen atoms in total. The van der Waals surface area contributed by atoms with Gasteiger partial charge in [-0.15, -0.1) is 0 Å². The average molecular weight is 431 g/mol. The Labute approximate surface area is 164 Å². The summed E-state index contributed by atoms with van der Waals surface area (Å²) in [5.41, 5.74) is 1.49. The second-order valence-electron chi connectivity index (χ2n) is 4.48. The Hall–Kier alpha value is -0.680. The summed E-state index contributed by atoms with van der Waals surface area (Å²) >= 11 is 30.6. The maximum atomic E-state index is 11.4. The molecule has 0 aliphatic carbocycles. The molecule has 0 atom stereocenters. The van der Waals surface area contributed by atoms with Gasteiger partial charge in [0.1, 0.15) is 0 Å². The van der Waals surface area contributed by atoms with E-state index in [0.29, 0.717) is 38.2 Å². The molecule has 0 amide bonds. The van der Waals surface area contributed by atoms with Gasteiger partial charge in [-0.1, -0.05) is 64.9 Å². The highest BCUT2D eigenvalue weighted by Crippen LogP contribution is 2.42. The zero-order valence-electron chi connectivity index (χ0n) is 12.6. The fourth-order valence-electron chi connectivity index (χ4n) is 2.17. The van der Waals surface area contributed by atoms with Gasteiger partial charge in [-0.25, -0.2) is 4.79 Å². The zero-order valence-corrected chi connectivity index (χ0v) is 16.4. The third-order valence-electron chi connectivity index (χ3n) is 3.18. The standard InChI is InChI=1S/C15H9Cl5O2.CH4O/c1-2-6-13(15(21)22)12(19)4-8(14(6)20)7-3-10(17)11(18)5-9(7)16;1-2/h3-5H,2H2,1H3,(H,21,22);2H,1H3. The Morgan fingerprint density at radius 3 is 1.88 bits per heavy atom. The first-order valence-electron chi connectivity index (χ1n) is 6.61. The summed E-state index contributed by atoms with van der Waals surface area (Å²) in [6, 6.07) is 4.54. The molecule has 130 valence electrons. The van der Waals surface area contributed by atoms with E-state index < -0.39 is 5.97 Å². The first-order chi connectivity index (χ1) is 11.3. The number of carbonyl (C=O) groups is 1. The van der Waals surface area contributed by atoms with Crippen LogP contribution < -0.4 is 0 Å². The average Bonchev–Trinajstić information content (AvgIpc) is 2.54. The Balaban J connectivity index is 0.00000139. The van der Waals surface area contributed by atoms with Crippen molar-refractivity contribution in [1.29, 1.82) is 0 Å². The molecular formula is C16H13Cl5O3. The predicted octanol–water partition coefficient (Wildman–Crippen LogP) is 6.49. The van der Waals surface area contributed by atoms with Gasteiger partial charge in [-0.05, 0) is 30.2 Å². The molecule has 0 fully saturated rings. The molecule has 8 heteroatoms. The van der Waals surface area contributed by atoms with Crippen LogP contribution in [0.25, 0.3) is 11.1 Å². The Morgan fingerprint density at radius 1 is 0.875 bits per heavy atom. The summed E-state index contributed by atoms with van der Waals surface area (Å²) in [5.74, 6) is -1.13. The van der Waals surface area contributed by atoms with Crippen LogP contribution in [0.15, 0.2) is 18.2 Å². The molecule has 2 aromatic carbocycles. The van der Waals surface area contributed by atoms with Gasteiger partial charge in [0.25, 0.3) is 0 Å². The van der Waals surface area contributed by atoms with E-state index in [4.69, 9.17) is 63.1 Å². The summed E-state index contributed by atoms with van der Waals surface area (Å²) in [6.07, 6.45) is 0.410. The third-order valence-corrected chi connectivity index (χ3v) is 4.95. The second-order valence-corrected chi connectivity index (χ2v) is 6.49. The molecule has 0 unspecified atom stereocenters. The highest BCUT2D eigenvalue weighted by Gasteiger charge is 2.22. The molecule has 24 heavy (non-hydrogen) atoms. The number of aliphatic hydroxyl groups is 1. The monoisotopic (exact) mass is 428 g/mol. The number of benzene rings is 2. The van der Waals surface area contributed by atoms with Crippen LogP contribution in [-0.2, 0) is 6.42 Å². The van der Waals surface area contributed by atoms with Crippen molar-refractivity contribution in [3.05, 3.63) is 54.4 Å². The predicted molar refractivity (Wildman–Crippen MR) is 101 cm³/mol. The van der Waals surface area contributed by atoms with E-state index in [0.717, 1.165) is 7.11 Å². The van der Waals surface area contributed by atoms with Crippen LogP contribution in [-0.4, -0.2) is 23.3 Å². The number of carboxylic acids is 1. The second kappa shape index (κ2) is 9.14. The van der Waals surface area contributed by atoms with Gasteiger partial charge in [-0.3, -0.25) is 0 Å². The number of halogens is 5. The fourth-order valence-corrected chi connectivity index (χ4v) is 3.50. The minimum absolute atomic E-state index is 0.00546. The van der Waals surface area contributed by atoms with Gasteiger partial charge >= 0.3 is 5.97 Å². The highest BCUT2D eigenvalue weighted by atomic mass is 35.5.